The molecule has 0 bridgehead atoms. The molecule has 0 aromatic heterocycles. The summed E-state index contributed by atoms with van der Waals surface area (Å²) >= 11 is 12.8. The number of fused-ring (bicyclic) bond motifs is 6. The maximum absolute atomic E-state index is 13.4. The number of ether oxygens (including phenoxy) is 3. The molecule has 1 saturated heterocycles. The average Bonchev–Trinajstić information content (AvgIpc) is 3.43. The molecule has 0 aliphatic carbocycles. The number of rotatable bonds is 11. The fourth-order valence-corrected chi connectivity index (χ4v) is 11.8. The van der Waals surface area contributed by atoms with Crippen molar-refractivity contribution in [2.24, 2.45) is 5.92 Å². The Kier molecular flexibility index (Phi) is 10.8. The summed E-state index contributed by atoms with van der Waals surface area (Å²) in [6.45, 7) is 2.46. The van der Waals surface area contributed by atoms with Gasteiger partial charge in [0, 0.05) is 34.7 Å². The van der Waals surface area contributed by atoms with Crippen molar-refractivity contribution in [2.75, 3.05) is 13.7 Å². The lowest BCUT2D eigenvalue weighted by Crippen LogP contribution is -2.33. The Balaban J connectivity index is 1.35. The molecule has 3 aliphatic rings. The van der Waals surface area contributed by atoms with E-state index in [4.69, 9.17) is 46.1 Å². The Morgan fingerprint density at radius 3 is 2.00 bits per heavy atom. The Bertz CT molecular complexity index is 2430. The van der Waals surface area contributed by atoms with E-state index in [2.05, 4.69) is 13.1 Å². The zero-order chi connectivity index (χ0) is 40.0. The molecule has 296 valence electrons. The molecule has 5 N–H and O–H groups in total. The molecule has 20 nitrogen and oxygen atoms in total. The minimum absolute atomic E-state index is 0.000362. The first-order valence-corrected chi connectivity index (χ1v) is 22.9. The molecule has 3 heterocycles. The number of phosphoric acid groups is 3. The molecule has 8 atom stereocenters. The van der Waals surface area contributed by atoms with E-state index in [0.717, 1.165) is 30.3 Å². The quantitative estimate of drug-likeness (QED) is 0.0973. The fraction of sp³-hybridized carbons (Fsp3) is 0.333. The molecule has 3 aromatic carbocycles. The number of benzene rings is 3. The van der Waals surface area contributed by atoms with Gasteiger partial charge in [-0.25, -0.2) is 17.9 Å². The summed E-state index contributed by atoms with van der Waals surface area (Å²) in [6.07, 6.45) is -2.73. The van der Waals surface area contributed by atoms with Crippen molar-refractivity contribution in [2.45, 2.75) is 47.6 Å². The summed E-state index contributed by atoms with van der Waals surface area (Å²) in [5.74, 6) is -1.86. The second-order valence-corrected chi connectivity index (χ2v) is 20.2. The van der Waals surface area contributed by atoms with Gasteiger partial charge in [0.05, 0.1) is 40.9 Å². The Morgan fingerprint density at radius 2 is 1.44 bits per heavy atom. The number of hydrogen-bond acceptors (Lipinski definition) is 16. The van der Waals surface area contributed by atoms with E-state index in [1.807, 2.05) is 0 Å². The first kappa shape index (κ1) is 41.5. The van der Waals surface area contributed by atoms with E-state index in [9.17, 15) is 54.9 Å². The molecular formula is C27H27Cl2O20P3S2. The van der Waals surface area contributed by atoms with Gasteiger partial charge in [-0.05, 0) is 37.3 Å². The highest BCUT2D eigenvalue weighted by atomic mass is 35.5. The van der Waals surface area contributed by atoms with Gasteiger partial charge < -0.3 is 33.6 Å². The molecule has 1 fully saturated rings. The van der Waals surface area contributed by atoms with Crippen molar-refractivity contribution in [3.63, 3.8) is 0 Å². The normalized spacial score (nSPS) is 27.4. The first-order valence-electron chi connectivity index (χ1n) is 14.9. The van der Waals surface area contributed by atoms with Gasteiger partial charge in [0.2, 0.25) is 0 Å². The van der Waals surface area contributed by atoms with Gasteiger partial charge in [0.25, 0.3) is 20.2 Å². The Morgan fingerprint density at radius 1 is 0.870 bits per heavy atom. The summed E-state index contributed by atoms with van der Waals surface area (Å²) in [4.78, 5) is 29.2. The highest BCUT2D eigenvalue weighted by Gasteiger charge is 2.57. The molecule has 0 saturated carbocycles. The topological polar surface area (TPSA) is 294 Å². The monoisotopic (exact) mass is 898 g/mol. The number of hydrogen-bond donors (Lipinski definition) is 5. The van der Waals surface area contributed by atoms with Gasteiger partial charge in [0.1, 0.15) is 28.2 Å². The average molecular weight is 899 g/mol. The van der Waals surface area contributed by atoms with Gasteiger partial charge in [-0.3, -0.25) is 14.0 Å². The highest BCUT2D eigenvalue weighted by molar-refractivity contribution is 7.87. The van der Waals surface area contributed by atoms with E-state index < -0.39 is 106 Å². The van der Waals surface area contributed by atoms with Gasteiger partial charge in [-0.1, -0.05) is 30.1 Å². The maximum atomic E-state index is 13.4. The minimum atomic E-state index is -6.00. The molecule has 3 aliphatic heterocycles. The van der Waals surface area contributed by atoms with E-state index in [1.165, 1.54) is 19.2 Å². The van der Waals surface area contributed by atoms with Crippen LogP contribution in [-0.2, 0) is 61.6 Å². The summed E-state index contributed by atoms with van der Waals surface area (Å²) in [5.41, 5.74) is -3.14. The second-order valence-electron chi connectivity index (χ2n) is 11.9. The molecule has 6 rings (SSSR count). The molecule has 1 spiro atoms. The van der Waals surface area contributed by atoms with Crippen LogP contribution in [0.15, 0.2) is 52.3 Å². The zero-order valence-corrected chi connectivity index (χ0v) is 33.2. The number of phosphoric ester groups is 2. The van der Waals surface area contributed by atoms with Crippen LogP contribution < -0.4 is 14.0 Å². The van der Waals surface area contributed by atoms with E-state index in [0.29, 0.717) is 0 Å². The summed E-state index contributed by atoms with van der Waals surface area (Å²) in [7, 11) is -25.8. The lowest BCUT2D eigenvalue weighted by atomic mass is 9.78. The molecule has 54 heavy (non-hydrogen) atoms. The van der Waals surface area contributed by atoms with Gasteiger partial charge in [-0.15, -0.1) is 0 Å². The molecular weight excluding hydrogens is 872 g/mol. The third-order valence-electron chi connectivity index (χ3n) is 8.48. The van der Waals surface area contributed by atoms with Crippen molar-refractivity contribution < 1.29 is 90.9 Å². The SMILES string of the molecule is COc1cc2c(cc1Cl)C1(OS(=O)(=O)c3ccc(S(=O)(=O)O)cc31)c1cc(Cl)c(OP(=O)(O)OP(=O)(O)OP(=O)(O)OC[C@H]3O[C@@H](C)[C@@H](C)C3O)cc1O2. The molecule has 0 amide bonds. The van der Waals surface area contributed by atoms with Gasteiger partial charge in [0.15, 0.2) is 11.4 Å². The zero-order valence-electron chi connectivity index (χ0n) is 27.3. The summed E-state index contributed by atoms with van der Waals surface area (Å²) < 4.78 is 139. The molecule has 5 unspecified atom stereocenters. The number of methoxy groups -OCH3 is 1. The fourth-order valence-electron chi connectivity index (χ4n) is 5.92. The summed E-state index contributed by atoms with van der Waals surface area (Å²) in [5, 5.41) is 9.44. The van der Waals surface area contributed by atoms with Crippen LogP contribution in [0.2, 0.25) is 10.0 Å². The molecule has 3 aromatic rings. The van der Waals surface area contributed by atoms with Crippen molar-refractivity contribution in [1.29, 1.82) is 0 Å². The van der Waals surface area contributed by atoms with E-state index in [1.54, 1.807) is 13.8 Å². The Labute approximate surface area is 316 Å². The van der Waals surface area contributed by atoms with Gasteiger partial charge >= 0.3 is 23.5 Å². The van der Waals surface area contributed by atoms with Crippen LogP contribution in [0.3, 0.4) is 0 Å². The number of aliphatic hydroxyl groups excluding tert-OH is 1. The van der Waals surface area contributed by atoms with E-state index in [-0.39, 0.29) is 33.2 Å². The Hall–Kier alpha value is -2.17. The van der Waals surface area contributed by atoms with Crippen LogP contribution in [0.25, 0.3) is 0 Å². The second kappa shape index (κ2) is 14.0. The lowest BCUT2D eigenvalue weighted by molar-refractivity contribution is -0.0167. The number of aliphatic hydroxyl groups is 1. The number of halogens is 2. The highest BCUT2D eigenvalue weighted by Crippen LogP contribution is 2.68. The minimum Gasteiger partial charge on any atom is -0.495 e. The van der Waals surface area contributed by atoms with Crippen molar-refractivity contribution >= 4 is 66.9 Å². The largest absolute Gasteiger partial charge is 0.536 e. The third kappa shape index (κ3) is 7.75. The van der Waals surface area contributed by atoms with Crippen LogP contribution >= 0.6 is 46.7 Å². The smallest absolute Gasteiger partial charge is 0.495 e. The van der Waals surface area contributed by atoms with Crippen LogP contribution in [0.5, 0.6) is 23.0 Å². The van der Waals surface area contributed by atoms with Crippen molar-refractivity contribution in [3.05, 3.63) is 69.2 Å². The van der Waals surface area contributed by atoms with Crippen LogP contribution in [0.1, 0.15) is 30.5 Å². The van der Waals surface area contributed by atoms with Crippen LogP contribution in [0, 0.1) is 5.92 Å². The third-order valence-corrected chi connectivity index (χ3v) is 15.5. The summed E-state index contributed by atoms with van der Waals surface area (Å²) in [6, 6.07) is 6.64. The van der Waals surface area contributed by atoms with Gasteiger partial charge in [-0.2, -0.15) is 25.5 Å². The van der Waals surface area contributed by atoms with Crippen LogP contribution in [-0.4, -0.2) is 73.2 Å². The molecule has 27 heteroatoms. The standard InChI is InChI=1S/C27H27Cl2O20P3S2/c1-12-13(2)44-24(26(12)30)11-43-50(31,32)48-52(35,36)49-51(33,34)46-23-10-21-16(8-19(23)29)27(15-7-18(28)22(42-3)9-20(15)45-21)17-6-14(53(37,38)39)4-5-25(17)54(40,41)47-27/h4-10,12-13,24,26,30H,11H2,1-3H3,(H,31,32)(H,33,34)(H,35,36)(H,37,38,39)/t12-,13+,24-,26?,27?/m1/s1. The predicted octanol–water partition coefficient (Wildman–Crippen LogP) is 4.88. The maximum Gasteiger partial charge on any atom is 0.536 e. The predicted molar refractivity (Wildman–Crippen MR) is 182 cm³/mol. The molecule has 0 radical (unpaired) electrons. The van der Waals surface area contributed by atoms with Crippen LogP contribution in [0.4, 0.5) is 0 Å². The van der Waals surface area contributed by atoms with Crippen molar-refractivity contribution in [3.8, 4) is 23.0 Å². The van der Waals surface area contributed by atoms with Crippen molar-refractivity contribution in [1.82, 2.24) is 0 Å². The van der Waals surface area contributed by atoms with E-state index >= 15 is 0 Å². The lowest BCUT2D eigenvalue weighted by Gasteiger charge is -2.36. The first-order chi connectivity index (χ1) is 24.8.